The summed E-state index contributed by atoms with van der Waals surface area (Å²) < 4.78 is 11.3. The summed E-state index contributed by atoms with van der Waals surface area (Å²) in [6.07, 6.45) is 0.893. The second-order valence-electron chi connectivity index (χ2n) is 7.94. The number of rotatable bonds is 9. The number of ether oxygens (including phenoxy) is 2. The summed E-state index contributed by atoms with van der Waals surface area (Å²) in [7, 11) is 0. The molecule has 1 aliphatic rings. The average Bonchev–Trinajstić information content (AvgIpc) is 3.22. The van der Waals surface area contributed by atoms with Gasteiger partial charge in [0.15, 0.2) is 18.1 Å². The molecular weight excluding hydrogens is 390 g/mol. The predicted molar refractivity (Wildman–Crippen MR) is 120 cm³/mol. The highest BCUT2D eigenvalue weighted by atomic mass is 16.5. The fraction of sp³-hybridized carbons (Fsp3) is 0.269. The summed E-state index contributed by atoms with van der Waals surface area (Å²) >= 11 is 0. The van der Waals surface area contributed by atoms with E-state index < -0.39 is 5.97 Å². The first-order valence-electron chi connectivity index (χ1n) is 10.5. The van der Waals surface area contributed by atoms with Crippen molar-refractivity contribution < 1.29 is 19.4 Å². The van der Waals surface area contributed by atoms with E-state index in [2.05, 4.69) is 60.8 Å². The minimum Gasteiger partial charge on any atom is -0.489 e. The number of carboxylic acids is 1. The van der Waals surface area contributed by atoms with E-state index in [4.69, 9.17) is 14.6 Å². The van der Waals surface area contributed by atoms with Gasteiger partial charge in [0.2, 0.25) is 0 Å². The van der Waals surface area contributed by atoms with Crippen LogP contribution in [0.3, 0.4) is 0 Å². The van der Waals surface area contributed by atoms with Gasteiger partial charge in [0, 0.05) is 11.5 Å². The molecule has 5 nitrogen and oxygen atoms in total. The average molecular weight is 418 g/mol. The molecule has 1 aliphatic heterocycles. The Balaban J connectivity index is 1.48. The Kier molecular flexibility index (Phi) is 6.23. The molecule has 0 saturated carbocycles. The van der Waals surface area contributed by atoms with Gasteiger partial charge in [-0.05, 0) is 37.1 Å². The molecule has 0 saturated heterocycles. The molecule has 5 heteroatoms. The van der Waals surface area contributed by atoms with Gasteiger partial charge in [-0.2, -0.15) is 0 Å². The molecule has 0 amide bonds. The van der Waals surface area contributed by atoms with E-state index in [0.717, 1.165) is 18.5 Å². The number of hydrogen-bond donors (Lipinski definition) is 2. The van der Waals surface area contributed by atoms with Crippen LogP contribution in [0.1, 0.15) is 36.0 Å². The minimum atomic E-state index is -1.00. The molecule has 1 heterocycles. The molecule has 160 valence electrons. The van der Waals surface area contributed by atoms with E-state index in [9.17, 15) is 4.79 Å². The lowest BCUT2D eigenvalue weighted by Crippen LogP contribution is -2.41. The van der Waals surface area contributed by atoms with E-state index in [-0.39, 0.29) is 18.1 Å². The molecule has 0 fully saturated rings. The summed E-state index contributed by atoms with van der Waals surface area (Å²) in [4.78, 5) is 10.8. The van der Waals surface area contributed by atoms with Crippen molar-refractivity contribution in [2.45, 2.75) is 24.8 Å². The van der Waals surface area contributed by atoms with Crippen LogP contribution in [0, 0.1) is 0 Å². The van der Waals surface area contributed by atoms with Crippen LogP contribution in [-0.2, 0) is 10.3 Å². The second kappa shape index (κ2) is 9.23. The van der Waals surface area contributed by atoms with Crippen molar-refractivity contribution in [2.24, 2.45) is 0 Å². The minimum absolute atomic E-state index is 0.228. The van der Waals surface area contributed by atoms with Crippen molar-refractivity contribution in [1.29, 1.82) is 0 Å². The van der Waals surface area contributed by atoms with Crippen molar-refractivity contribution in [3.05, 3.63) is 95.6 Å². The maximum atomic E-state index is 10.8. The number of hydrogen-bond acceptors (Lipinski definition) is 4. The third-order valence-corrected chi connectivity index (χ3v) is 5.90. The van der Waals surface area contributed by atoms with Crippen LogP contribution in [0.25, 0.3) is 0 Å². The molecule has 0 aromatic heterocycles. The Morgan fingerprint density at radius 1 is 1.03 bits per heavy atom. The lowest BCUT2D eigenvalue weighted by Gasteiger charge is -2.33. The maximum absolute atomic E-state index is 10.8. The lowest BCUT2D eigenvalue weighted by molar-refractivity contribution is -0.139. The van der Waals surface area contributed by atoms with Gasteiger partial charge in [-0.25, -0.2) is 4.79 Å². The number of para-hydroxylation sites is 1. The van der Waals surface area contributed by atoms with Crippen molar-refractivity contribution in [2.75, 3.05) is 19.8 Å². The predicted octanol–water partition coefficient (Wildman–Crippen LogP) is 4.57. The molecule has 4 rings (SSSR count). The summed E-state index contributed by atoms with van der Waals surface area (Å²) in [6.45, 7) is 3.21. The molecule has 1 unspecified atom stereocenters. The molecule has 1 atom stereocenters. The highest BCUT2D eigenvalue weighted by Gasteiger charge is 2.30. The summed E-state index contributed by atoms with van der Waals surface area (Å²) in [5.41, 5.74) is 3.20. The molecule has 3 aromatic carbocycles. The Hall–Kier alpha value is -3.31. The zero-order valence-corrected chi connectivity index (χ0v) is 17.6. The van der Waals surface area contributed by atoms with Gasteiger partial charge in [0.05, 0.1) is 12.1 Å². The van der Waals surface area contributed by atoms with Gasteiger partial charge in [-0.15, -0.1) is 0 Å². The Labute approximate surface area is 182 Å². The summed E-state index contributed by atoms with van der Waals surface area (Å²) in [6, 6.07) is 26.6. The van der Waals surface area contributed by atoms with E-state index in [1.165, 1.54) is 11.1 Å². The quantitative estimate of drug-likeness (QED) is 0.534. The SMILES string of the molecule is CC(NCCC1COc2c(OCC(=O)O)cccc21)(c1ccccc1)c1ccccc1. The molecule has 0 spiro atoms. The molecule has 3 aromatic rings. The normalized spacial score (nSPS) is 15.2. The second-order valence-corrected chi connectivity index (χ2v) is 7.94. The van der Waals surface area contributed by atoms with E-state index in [1.807, 2.05) is 24.3 Å². The molecule has 0 aliphatic carbocycles. The molecule has 2 N–H and O–H groups in total. The molecule has 0 bridgehead atoms. The number of fused-ring (bicyclic) bond motifs is 1. The highest BCUT2D eigenvalue weighted by molar-refractivity contribution is 5.68. The molecular formula is C26H27NO4. The van der Waals surface area contributed by atoms with Crippen molar-refractivity contribution in [1.82, 2.24) is 5.32 Å². The first-order valence-corrected chi connectivity index (χ1v) is 10.5. The summed E-state index contributed by atoms with van der Waals surface area (Å²) in [5, 5.41) is 12.7. The van der Waals surface area contributed by atoms with Crippen LogP contribution in [0.15, 0.2) is 78.9 Å². The Bertz CT molecular complexity index is 981. The number of benzene rings is 3. The van der Waals surface area contributed by atoms with E-state index in [0.29, 0.717) is 18.1 Å². The monoisotopic (exact) mass is 417 g/mol. The fourth-order valence-electron chi connectivity index (χ4n) is 4.18. The summed E-state index contributed by atoms with van der Waals surface area (Å²) in [5.74, 6) is 0.389. The highest BCUT2D eigenvalue weighted by Crippen LogP contribution is 2.42. The van der Waals surface area contributed by atoms with Crippen molar-refractivity contribution >= 4 is 5.97 Å². The van der Waals surface area contributed by atoms with Crippen LogP contribution in [-0.4, -0.2) is 30.8 Å². The van der Waals surface area contributed by atoms with Crippen molar-refractivity contribution in [3.63, 3.8) is 0 Å². The third kappa shape index (κ3) is 4.57. The van der Waals surface area contributed by atoms with Crippen LogP contribution < -0.4 is 14.8 Å². The molecule has 0 radical (unpaired) electrons. The maximum Gasteiger partial charge on any atom is 0.341 e. The first kappa shape index (κ1) is 20.9. The zero-order valence-electron chi connectivity index (χ0n) is 17.6. The largest absolute Gasteiger partial charge is 0.489 e. The number of aliphatic carboxylic acids is 1. The van der Waals surface area contributed by atoms with Crippen LogP contribution in [0.2, 0.25) is 0 Å². The van der Waals surface area contributed by atoms with Gasteiger partial charge in [-0.1, -0.05) is 72.8 Å². The Morgan fingerprint density at radius 3 is 2.29 bits per heavy atom. The van der Waals surface area contributed by atoms with E-state index >= 15 is 0 Å². The van der Waals surface area contributed by atoms with E-state index in [1.54, 1.807) is 6.07 Å². The fourth-order valence-corrected chi connectivity index (χ4v) is 4.18. The van der Waals surface area contributed by atoms with Gasteiger partial charge >= 0.3 is 5.97 Å². The number of carbonyl (C=O) groups is 1. The van der Waals surface area contributed by atoms with Gasteiger partial charge in [-0.3, -0.25) is 0 Å². The van der Waals surface area contributed by atoms with Gasteiger partial charge in [0.25, 0.3) is 0 Å². The number of nitrogens with one attached hydrogen (secondary N) is 1. The van der Waals surface area contributed by atoms with Crippen molar-refractivity contribution in [3.8, 4) is 11.5 Å². The first-order chi connectivity index (χ1) is 15.1. The van der Waals surface area contributed by atoms with Gasteiger partial charge in [0.1, 0.15) is 0 Å². The molecule has 31 heavy (non-hydrogen) atoms. The van der Waals surface area contributed by atoms with Crippen LogP contribution in [0.4, 0.5) is 0 Å². The third-order valence-electron chi connectivity index (χ3n) is 5.90. The lowest BCUT2D eigenvalue weighted by atomic mass is 9.84. The zero-order chi connectivity index (χ0) is 21.7. The Morgan fingerprint density at radius 2 is 1.68 bits per heavy atom. The van der Waals surface area contributed by atoms with Crippen LogP contribution in [0.5, 0.6) is 11.5 Å². The smallest absolute Gasteiger partial charge is 0.341 e. The topological polar surface area (TPSA) is 67.8 Å². The van der Waals surface area contributed by atoms with Gasteiger partial charge < -0.3 is 19.9 Å². The van der Waals surface area contributed by atoms with Crippen LogP contribution >= 0.6 is 0 Å². The standard InChI is InChI=1S/C26H27NO4/c1-26(20-9-4-2-5-10-20,21-11-6-3-7-12-21)27-16-15-19-17-31-25-22(19)13-8-14-23(25)30-18-24(28)29/h2-14,19,27H,15-18H2,1H3,(H,28,29). The number of carboxylic acid groups (broad SMARTS) is 1.